The smallest absolute Gasteiger partial charge is 0.254 e. The number of ether oxygens (including phenoxy) is 1. The summed E-state index contributed by atoms with van der Waals surface area (Å²) >= 11 is 11.8. The van der Waals surface area contributed by atoms with Crippen molar-refractivity contribution in [1.29, 1.82) is 0 Å². The number of halogens is 3. The highest BCUT2D eigenvalue weighted by molar-refractivity contribution is 6.35. The first kappa shape index (κ1) is 14.8. The fourth-order valence-electron chi connectivity index (χ4n) is 1.79. The van der Waals surface area contributed by atoms with Crippen molar-refractivity contribution in [3.63, 3.8) is 0 Å². The van der Waals surface area contributed by atoms with Crippen LogP contribution in [0.2, 0.25) is 10.0 Å². The Morgan fingerprint density at radius 3 is 2.68 bits per heavy atom. The van der Waals surface area contributed by atoms with Crippen LogP contribution in [0.25, 0.3) is 11.5 Å². The van der Waals surface area contributed by atoms with Crippen molar-refractivity contribution in [2.24, 2.45) is 0 Å². The van der Waals surface area contributed by atoms with Crippen molar-refractivity contribution >= 4 is 23.2 Å². The Labute approximate surface area is 135 Å². The zero-order chi connectivity index (χ0) is 15.5. The second-order valence-corrected chi connectivity index (χ2v) is 5.19. The minimum absolute atomic E-state index is 0.0167. The molecule has 0 aliphatic heterocycles. The summed E-state index contributed by atoms with van der Waals surface area (Å²) in [6, 6.07) is 11.0. The molecule has 7 heteroatoms. The Morgan fingerprint density at radius 2 is 1.91 bits per heavy atom. The molecule has 2 aromatic carbocycles. The molecule has 0 saturated heterocycles. The molecule has 0 spiro atoms. The predicted octanol–water partition coefficient (Wildman–Crippen LogP) is 4.76. The fourth-order valence-corrected chi connectivity index (χ4v) is 2.25. The molecule has 0 bridgehead atoms. The molecule has 22 heavy (non-hydrogen) atoms. The third kappa shape index (κ3) is 3.21. The van der Waals surface area contributed by atoms with Crippen molar-refractivity contribution in [2.45, 2.75) is 6.61 Å². The number of nitrogens with zero attached hydrogens (tertiary/aromatic N) is 2. The van der Waals surface area contributed by atoms with Gasteiger partial charge in [0.1, 0.15) is 11.6 Å². The van der Waals surface area contributed by atoms with E-state index in [2.05, 4.69) is 10.2 Å². The molecular formula is C15H9Cl2FN2O2. The number of benzene rings is 2. The molecule has 0 saturated carbocycles. The summed E-state index contributed by atoms with van der Waals surface area (Å²) in [6.45, 7) is 0.0167. The van der Waals surface area contributed by atoms with Crippen molar-refractivity contribution < 1.29 is 13.5 Å². The van der Waals surface area contributed by atoms with Crippen molar-refractivity contribution in [3.8, 4) is 17.2 Å². The molecule has 0 atom stereocenters. The monoisotopic (exact) mass is 338 g/mol. The Kier molecular flexibility index (Phi) is 4.27. The van der Waals surface area contributed by atoms with Crippen LogP contribution in [-0.4, -0.2) is 10.2 Å². The predicted molar refractivity (Wildman–Crippen MR) is 80.5 cm³/mol. The molecule has 0 fully saturated rings. The highest BCUT2D eigenvalue weighted by Crippen LogP contribution is 2.28. The Bertz CT molecular complexity index is 808. The quantitative estimate of drug-likeness (QED) is 0.687. The molecule has 3 rings (SSSR count). The van der Waals surface area contributed by atoms with Crippen molar-refractivity contribution in [3.05, 3.63) is 64.2 Å². The number of hydrogen-bond donors (Lipinski definition) is 0. The van der Waals surface area contributed by atoms with Gasteiger partial charge >= 0.3 is 0 Å². The molecule has 112 valence electrons. The first-order valence-electron chi connectivity index (χ1n) is 6.28. The normalized spacial score (nSPS) is 10.7. The van der Waals surface area contributed by atoms with E-state index in [-0.39, 0.29) is 24.0 Å². The van der Waals surface area contributed by atoms with Crippen LogP contribution in [0.4, 0.5) is 4.39 Å². The van der Waals surface area contributed by atoms with Gasteiger partial charge in [-0.3, -0.25) is 0 Å². The zero-order valence-electron chi connectivity index (χ0n) is 11.1. The first-order valence-corrected chi connectivity index (χ1v) is 7.04. The van der Waals surface area contributed by atoms with E-state index in [1.54, 1.807) is 36.4 Å². The van der Waals surface area contributed by atoms with E-state index in [0.29, 0.717) is 15.8 Å². The molecule has 1 heterocycles. The molecule has 1 aromatic heterocycles. The van der Waals surface area contributed by atoms with Gasteiger partial charge in [0.15, 0.2) is 6.61 Å². The van der Waals surface area contributed by atoms with Gasteiger partial charge in [-0.05, 0) is 30.3 Å². The van der Waals surface area contributed by atoms with Gasteiger partial charge in [-0.15, -0.1) is 10.2 Å². The Morgan fingerprint density at radius 1 is 1.09 bits per heavy atom. The number of rotatable bonds is 4. The summed E-state index contributed by atoms with van der Waals surface area (Å²) in [5.41, 5.74) is 0.241. The van der Waals surface area contributed by atoms with E-state index < -0.39 is 5.82 Å². The van der Waals surface area contributed by atoms with Crippen molar-refractivity contribution in [2.75, 3.05) is 0 Å². The summed E-state index contributed by atoms with van der Waals surface area (Å²) in [5.74, 6) is 0.319. The molecule has 0 amide bonds. The SMILES string of the molecule is Fc1ccccc1-c1nnc(COc2ccc(Cl)cc2Cl)o1. The Hall–Kier alpha value is -2.11. The third-order valence-corrected chi connectivity index (χ3v) is 3.35. The summed E-state index contributed by atoms with van der Waals surface area (Å²) in [6.07, 6.45) is 0. The standard InChI is InChI=1S/C15H9Cl2FN2O2/c16-9-5-6-13(11(17)7-9)21-8-14-19-20-15(22-14)10-3-1-2-4-12(10)18/h1-7H,8H2. The lowest BCUT2D eigenvalue weighted by atomic mass is 10.2. The lowest BCUT2D eigenvalue weighted by molar-refractivity contribution is 0.264. The maximum atomic E-state index is 13.6. The highest BCUT2D eigenvalue weighted by Gasteiger charge is 2.13. The average Bonchev–Trinajstić information content (AvgIpc) is 2.95. The van der Waals surface area contributed by atoms with Gasteiger partial charge in [-0.1, -0.05) is 35.3 Å². The van der Waals surface area contributed by atoms with Gasteiger partial charge in [0.25, 0.3) is 11.8 Å². The van der Waals surface area contributed by atoms with E-state index in [4.69, 9.17) is 32.4 Å². The van der Waals surface area contributed by atoms with Gasteiger partial charge in [0.05, 0.1) is 10.6 Å². The van der Waals surface area contributed by atoms with Gasteiger partial charge < -0.3 is 9.15 Å². The van der Waals surface area contributed by atoms with E-state index in [1.165, 1.54) is 6.07 Å². The third-order valence-electron chi connectivity index (χ3n) is 2.82. The molecule has 4 nitrogen and oxygen atoms in total. The van der Waals surface area contributed by atoms with E-state index in [9.17, 15) is 4.39 Å². The van der Waals surface area contributed by atoms with E-state index in [0.717, 1.165) is 0 Å². The second kappa shape index (κ2) is 6.34. The lowest BCUT2D eigenvalue weighted by Gasteiger charge is -2.05. The maximum absolute atomic E-state index is 13.6. The van der Waals surface area contributed by atoms with E-state index in [1.807, 2.05) is 0 Å². The van der Waals surface area contributed by atoms with Crippen LogP contribution in [0, 0.1) is 5.82 Å². The van der Waals surface area contributed by atoms with Crippen LogP contribution < -0.4 is 4.74 Å². The number of hydrogen-bond acceptors (Lipinski definition) is 4. The molecule has 0 aliphatic carbocycles. The molecule has 0 aliphatic rings. The molecule has 0 radical (unpaired) electrons. The summed E-state index contributed by atoms with van der Waals surface area (Å²) in [5, 5.41) is 8.51. The van der Waals surface area contributed by atoms with Crippen LogP contribution in [-0.2, 0) is 6.61 Å². The average molecular weight is 339 g/mol. The van der Waals surface area contributed by atoms with Gasteiger partial charge in [0.2, 0.25) is 0 Å². The zero-order valence-corrected chi connectivity index (χ0v) is 12.6. The molecule has 0 unspecified atom stereocenters. The molecule has 3 aromatic rings. The second-order valence-electron chi connectivity index (χ2n) is 4.34. The highest BCUT2D eigenvalue weighted by atomic mass is 35.5. The molecule has 0 N–H and O–H groups in total. The minimum Gasteiger partial charge on any atom is -0.482 e. The minimum atomic E-state index is -0.431. The Balaban J connectivity index is 1.74. The van der Waals surface area contributed by atoms with Crippen LogP contribution in [0.1, 0.15) is 5.89 Å². The van der Waals surface area contributed by atoms with Gasteiger partial charge in [0, 0.05) is 5.02 Å². The topological polar surface area (TPSA) is 48.2 Å². The maximum Gasteiger partial charge on any atom is 0.254 e. The van der Waals surface area contributed by atoms with Crippen LogP contribution in [0.15, 0.2) is 46.9 Å². The van der Waals surface area contributed by atoms with Gasteiger partial charge in [-0.25, -0.2) is 4.39 Å². The van der Waals surface area contributed by atoms with Crippen LogP contribution in [0.3, 0.4) is 0 Å². The summed E-state index contributed by atoms with van der Waals surface area (Å²) in [4.78, 5) is 0. The number of aromatic nitrogens is 2. The summed E-state index contributed by atoms with van der Waals surface area (Å²) < 4.78 is 24.5. The van der Waals surface area contributed by atoms with Crippen LogP contribution >= 0.6 is 23.2 Å². The summed E-state index contributed by atoms with van der Waals surface area (Å²) in [7, 11) is 0. The van der Waals surface area contributed by atoms with E-state index >= 15 is 0 Å². The first-order chi connectivity index (χ1) is 10.6. The lowest BCUT2D eigenvalue weighted by Crippen LogP contribution is -1.96. The van der Waals surface area contributed by atoms with Crippen LogP contribution in [0.5, 0.6) is 5.75 Å². The molecular weight excluding hydrogens is 330 g/mol. The largest absolute Gasteiger partial charge is 0.482 e. The van der Waals surface area contributed by atoms with Gasteiger partial charge in [-0.2, -0.15) is 0 Å². The fraction of sp³-hybridized carbons (Fsp3) is 0.0667. The van der Waals surface area contributed by atoms with Crippen molar-refractivity contribution in [1.82, 2.24) is 10.2 Å².